The van der Waals surface area contributed by atoms with E-state index in [0.717, 1.165) is 24.3 Å². The van der Waals surface area contributed by atoms with Crippen LogP contribution < -0.4 is 10.3 Å². The normalized spacial score (nSPS) is 11.2. The number of furan rings is 1. The van der Waals surface area contributed by atoms with E-state index in [1.54, 1.807) is 0 Å². The molecule has 0 radical (unpaired) electrons. The highest BCUT2D eigenvalue weighted by molar-refractivity contribution is 7.92. The van der Waals surface area contributed by atoms with Crippen LogP contribution in [0.15, 0.2) is 38.6 Å². The van der Waals surface area contributed by atoms with Gasteiger partial charge in [0, 0.05) is 6.07 Å². The van der Waals surface area contributed by atoms with Crippen molar-refractivity contribution in [3.63, 3.8) is 0 Å². The van der Waals surface area contributed by atoms with Crippen molar-refractivity contribution < 1.29 is 22.7 Å². The quantitative estimate of drug-likeness (QED) is 0.709. The summed E-state index contributed by atoms with van der Waals surface area (Å²) in [6.07, 6.45) is 0. The summed E-state index contributed by atoms with van der Waals surface area (Å²) in [5, 5.41) is 13.5. The van der Waals surface area contributed by atoms with Gasteiger partial charge in [-0.3, -0.25) is 9.52 Å². The van der Waals surface area contributed by atoms with Crippen molar-refractivity contribution in [3.05, 3.63) is 40.4 Å². The van der Waals surface area contributed by atoms with E-state index in [1.807, 2.05) is 9.82 Å². The number of aromatic nitrogens is 2. The second-order valence-corrected chi connectivity index (χ2v) is 4.95. The van der Waals surface area contributed by atoms with E-state index >= 15 is 0 Å². The lowest BCUT2D eigenvalue weighted by Crippen LogP contribution is -2.15. The molecule has 19 heavy (non-hydrogen) atoms. The monoisotopic (exact) mass is 285 g/mol. The smallest absolute Gasteiger partial charge is 0.371 e. The highest BCUT2D eigenvalue weighted by Crippen LogP contribution is 2.16. The minimum Gasteiger partial charge on any atom is -0.475 e. The van der Waals surface area contributed by atoms with Crippen molar-refractivity contribution in [1.29, 1.82) is 0 Å². The molecule has 0 spiro atoms. The Morgan fingerprint density at radius 1 is 1.32 bits per heavy atom. The lowest BCUT2D eigenvalue weighted by atomic mass is 10.5. The molecule has 0 aromatic carbocycles. The predicted molar refractivity (Wildman–Crippen MR) is 61.3 cm³/mol. The molecule has 0 amide bonds. The maximum atomic E-state index is 11.8. The minimum atomic E-state index is -4.10. The van der Waals surface area contributed by atoms with Crippen molar-refractivity contribution in [2.75, 3.05) is 4.72 Å². The summed E-state index contributed by atoms with van der Waals surface area (Å²) in [6, 6.07) is 4.24. The zero-order valence-electron chi connectivity index (χ0n) is 9.15. The van der Waals surface area contributed by atoms with Crippen LogP contribution in [-0.2, 0) is 10.0 Å². The number of nitrogens with zero attached hydrogens (tertiary/aromatic N) is 1. The van der Waals surface area contributed by atoms with Gasteiger partial charge in [0.2, 0.25) is 10.9 Å². The Bertz CT molecular complexity index is 755. The Labute approximate surface area is 105 Å². The number of carbonyl (C=O) groups is 1. The number of aromatic carboxylic acids is 1. The summed E-state index contributed by atoms with van der Waals surface area (Å²) in [7, 11) is -4.10. The molecular weight excluding hydrogens is 278 g/mol. The summed E-state index contributed by atoms with van der Waals surface area (Å²) >= 11 is 0. The van der Waals surface area contributed by atoms with Gasteiger partial charge in [-0.2, -0.15) is 13.5 Å². The van der Waals surface area contributed by atoms with E-state index in [4.69, 9.17) is 5.11 Å². The molecule has 0 aliphatic rings. The van der Waals surface area contributed by atoms with E-state index in [9.17, 15) is 18.0 Å². The third kappa shape index (κ3) is 2.80. The van der Waals surface area contributed by atoms with Gasteiger partial charge in [0.1, 0.15) is 0 Å². The molecule has 100 valence electrons. The first-order chi connectivity index (χ1) is 8.88. The molecule has 0 bridgehead atoms. The van der Waals surface area contributed by atoms with E-state index in [0.29, 0.717) is 0 Å². The fourth-order valence-corrected chi connectivity index (χ4v) is 2.11. The Morgan fingerprint density at radius 2 is 2.05 bits per heavy atom. The third-order valence-corrected chi connectivity index (χ3v) is 3.20. The number of hydrogen-bond donors (Lipinski definition) is 3. The van der Waals surface area contributed by atoms with Crippen LogP contribution in [-0.4, -0.2) is 29.7 Å². The standard InChI is InChI=1S/C9H7N3O6S/c13-7-3-2-6(10-11-7)12-19(16,17)8-4-1-5(18-8)9(14)15/h1-4H,(H,10,12)(H,11,13)(H,14,15). The topological polar surface area (TPSA) is 142 Å². The Morgan fingerprint density at radius 3 is 2.58 bits per heavy atom. The molecule has 2 aromatic heterocycles. The van der Waals surface area contributed by atoms with Gasteiger partial charge in [-0.25, -0.2) is 9.89 Å². The van der Waals surface area contributed by atoms with Crippen LogP contribution in [0.5, 0.6) is 0 Å². The van der Waals surface area contributed by atoms with Gasteiger partial charge in [-0.15, -0.1) is 0 Å². The zero-order chi connectivity index (χ0) is 14.0. The Hall–Kier alpha value is -2.62. The molecule has 0 saturated carbocycles. The van der Waals surface area contributed by atoms with Gasteiger partial charge >= 0.3 is 5.97 Å². The summed E-state index contributed by atoms with van der Waals surface area (Å²) in [5.74, 6) is -2.02. The molecule has 0 fully saturated rings. The maximum absolute atomic E-state index is 11.8. The van der Waals surface area contributed by atoms with Crippen molar-refractivity contribution in [3.8, 4) is 0 Å². The van der Waals surface area contributed by atoms with Crippen LogP contribution in [0.4, 0.5) is 5.82 Å². The average molecular weight is 285 g/mol. The van der Waals surface area contributed by atoms with E-state index in [2.05, 4.69) is 9.52 Å². The molecule has 0 saturated heterocycles. The number of anilines is 1. The van der Waals surface area contributed by atoms with Crippen molar-refractivity contribution in [2.24, 2.45) is 0 Å². The fraction of sp³-hybridized carbons (Fsp3) is 0. The molecule has 10 heteroatoms. The van der Waals surface area contributed by atoms with Crippen LogP contribution in [0.1, 0.15) is 10.6 Å². The van der Waals surface area contributed by atoms with Crippen molar-refractivity contribution in [1.82, 2.24) is 10.2 Å². The molecule has 3 N–H and O–H groups in total. The van der Waals surface area contributed by atoms with E-state index < -0.39 is 32.4 Å². The molecule has 2 heterocycles. The average Bonchev–Trinajstić information content (AvgIpc) is 2.82. The summed E-state index contributed by atoms with van der Waals surface area (Å²) < 4.78 is 30.3. The van der Waals surface area contributed by atoms with Crippen LogP contribution >= 0.6 is 0 Å². The molecule has 0 aliphatic heterocycles. The first-order valence-corrected chi connectivity index (χ1v) is 6.28. The number of aromatic amines is 1. The highest BCUT2D eigenvalue weighted by atomic mass is 32.2. The number of H-pyrrole nitrogens is 1. The number of sulfonamides is 1. The lowest BCUT2D eigenvalue weighted by Gasteiger charge is -2.03. The third-order valence-electron chi connectivity index (χ3n) is 1.98. The number of rotatable bonds is 4. The summed E-state index contributed by atoms with van der Waals surface area (Å²) in [5.41, 5.74) is -0.492. The Balaban J connectivity index is 2.29. The fourth-order valence-electron chi connectivity index (χ4n) is 1.17. The highest BCUT2D eigenvalue weighted by Gasteiger charge is 2.21. The SMILES string of the molecule is O=C(O)c1ccc(S(=O)(=O)Nc2ccc(=O)[nH]n2)o1. The van der Waals surface area contributed by atoms with E-state index in [-0.39, 0.29) is 5.82 Å². The van der Waals surface area contributed by atoms with Crippen LogP contribution in [0.25, 0.3) is 0 Å². The van der Waals surface area contributed by atoms with Gasteiger partial charge in [0.05, 0.1) is 0 Å². The predicted octanol–water partition coefficient (Wildman–Crippen LogP) is -0.138. The van der Waals surface area contributed by atoms with Crippen molar-refractivity contribution >= 4 is 21.8 Å². The summed E-state index contributed by atoms with van der Waals surface area (Å²) in [4.78, 5) is 21.3. The molecular formula is C9H7N3O6S. The van der Waals surface area contributed by atoms with Gasteiger partial charge in [-0.1, -0.05) is 0 Å². The number of hydrogen-bond acceptors (Lipinski definition) is 6. The summed E-state index contributed by atoms with van der Waals surface area (Å²) in [6.45, 7) is 0. The molecule has 0 aliphatic carbocycles. The number of carboxylic acids is 1. The minimum absolute atomic E-state index is 0.132. The maximum Gasteiger partial charge on any atom is 0.371 e. The second kappa shape index (κ2) is 4.57. The van der Waals surface area contributed by atoms with Gasteiger partial charge < -0.3 is 9.52 Å². The molecule has 2 rings (SSSR count). The molecule has 0 unspecified atom stereocenters. The first-order valence-electron chi connectivity index (χ1n) is 4.80. The Kier molecular flexibility index (Phi) is 3.09. The van der Waals surface area contributed by atoms with Crippen LogP contribution in [0.2, 0.25) is 0 Å². The van der Waals surface area contributed by atoms with Crippen LogP contribution in [0, 0.1) is 0 Å². The molecule has 9 nitrogen and oxygen atoms in total. The van der Waals surface area contributed by atoms with E-state index in [1.165, 1.54) is 0 Å². The zero-order valence-corrected chi connectivity index (χ0v) is 9.97. The number of nitrogens with one attached hydrogen (secondary N) is 2. The lowest BCUT2D eigenvalue weighted by molar-refractivity contribution is 0.0656. The molecule has 0 atom stereocenters. The van der Waals surface area contributed by atoms with Crippen LogP contribution in [0.3, 0.4) is 0 Å². The van der Waals surface area contributed by atoms with Crippen molar-refractivity contribution in [2.45, 2.75) is 5.09 Å². The van der Waals surface area contributed by atoms with Gasteiger partial charge in [-0.05, 0) is 18.2 Å². The largest absolute Gasteiger partial charge is 0.475 e. The second-order valence-electron chi connectivity index (χ2n) is 3.34. The first kappa shape index (κ1) is 12.8. The molecule has 2 aromatic rings. The van der Waals surface area contributed by atoms with Gasteiger partial charge in [0.25, 0.3) is 15.6 Å². The van der Waals surface area contributed by atoms with Gasteiger partial charge in [0.15, 0.2) is 5.82 Å². The number of carboxylic acid groups (broad SMARTS) is 1.